The smallest absolute Gasteiger partial charge is 0.326 e. The normalized spacial score (nSPS) is 22.7. The van der Waals surface area contributed by atoms with Gasteiger partial charge in [0.2, 0.25) is 11.8 Å². The predicted octanol–water partition coefficient (Wildman–Crippen LogP) is 1.73. The van der Waals surface area contributed by atoms with Crippen LogP contribution in [0.3, 0.4) is 0 Å². The van der Waals surface area contributed by atoms with Crippen LogP contribution in [0.15, 0.2) is 24.3 Å². The molecular weight excluding hydrogens is 329 g/mol. The molecule has 3 rings (SSSR count). The summed E-state index contributed by atoms with van der Waals surface area (Å²) in [6.07, 6.45) is 3.14. The Morgan fingerprint density at radius 3 is 2.36 bits per heavy atom. The van der Waals surface area contributed by atoms with Gasteiger partial charge in [-0.3, -0.25) is 24.1 Å². The van der Waals surface area contributed by atoms with Crippen LogP contribution < -0.4 is 0 Å². The van der Waals surface area contributed by atoms with Crippen LogP contribution in [0.2, 0.25) is 0 Å². The van der Waals surface area contributed by atoms with Crippen molar-refractivity contribution in [1.82, 2.24) is 4.90 Å². The van der Waals surface area contributed by atoms with E-state index in [1.807, 2.05) is 0 Å². The highest BCUT2D eigenvalue weighted by atomic mass is 19.1. The Labute approximate surface area is 143 Å². The third-order valence-electron chi connectivity index (χ3n) is 4.73. The molecule has 1 aliphatic heterocycles. The first kappa shape index (κ1) is 17.3. The Balaban J connectivity index is 1.55. The number of likely N-dealkylation sites (tertiary alicyclic amines) is 1. The van der Waals surface area contributed by atoms with Gasteiger partial charge in [-0.15, -0.1) is 0 Å². The fourth-order valence-corrected chi connectivity index (χ4v) is 3.45. The van der Waals surface area contributed by atoms with Gasteiger partial charge in [-0.05, 0) is 25.0 Å². The van der Waals surface area contributed by atoms with Gasteiger partial charge in [0.15, 0.2) is 12.4 Å². The van der Waals surface area contributed by atoms with E-state index in [0.29, 0.717) is 12.8 Å². The maximum absolute atomic E-state index is 13.1. The van der Waals surface area contributed by atoms with E-state index in [0.717, 1.165) is 23.8 Å². The standard InChI is InChI=1S/C18H18FNO5/c19-12-5-3-4-11(8-12)15(21)10-25-16(22)9-20-17(23)13-6-1-2-7-14(13)18(20)24/h3-5,8,13-14H,1-2,6-7,9-10H2/t13-,14-/m0/s1. The van der Waals surface area contributed by atoms with Gasteiger partial charge in [-0.25, -0.2) is 4.39 Å². The van der Waals surface area contributed by atoms with Crippen LogP contribution in [0, 0.1) is 17.7 Å². The number of imide groups is 1. The van der Waals surface area contributed by atoms with Crippen molar-refractivity contribution < 1.29 is 28.3 Å². The Morgan fingerprint density at radius 1 is 1.12 bits per heavy atom. The largest absolute Gasteiger partial charge is 0.456 e. The number of fused-ring (bicyclic) bond motifs is 1. The molecule has 1 aliphatic carbocycles. The summed E-state index contributed by atoms with van der Waals surface area (Å²) in [5.74, 6) is -3.27. The van der Waals surface area contributed by atoms with Gasteiger partial charge < -0.3 is 4.74 Å². The molecule has 1 aromatic carbocycles. The first-order valence-electron chi connectivity index (χ1n) is 8.27. The van der Waals surface area contributed by atoms with Crippen LogP contribution in [0.4, 0.5) is 4.39 Å². The van der Waals surface area contributed by atoms with Crippen molar-refractivity contribution in [2.75, 3.05) is 13.2 Å². The summed E-state index contributed by atoms with van der Waals surface area (Å²) in [6.45, 7) is -1.05. The van der Waals surface area contributed by atoms with Crippen LogP contribution in [0.1, 0.15) is 36.0 Å². The van der Waals surface area contributed by atoms with Gasteiger partial charge in [-0.1, -0.05) is 25.0 Å². The van der Waals surface area contributed by atoms with Crippen molar-refractivity contribution in [3.8, 4) is 0 Å². The zero-order valence-electron chi connectivity index (χ0n) is 13.6. The molecule has 132 valence electrons. The van der Waals surface area contributed by atoms with E-state index >= 15 is 0 Å². The number of esters is 1. The van der Waals surface area contributed by atoms with Crippen LogP contribution in [0.5, 0.6) is 0 Å². The Bertz CT molecular complexity index is 708. The minimum Gasteiger partial charge on any atom is -0.456 e. The molecule has 0 spiro atoms. The molecule has 2 aliphatic rings. The number of hydrogen-bond donors (Lipinski definition) is 0. The Hall–Kier alpha value is -2.57. The summed E-state index contributed by atoms with van der Waals surface area (Å²) in [4.78, 5) is 49.3. The van der Waals surface area contributed by atoms with Gasteiger partial charge in [0, 0.05) is 5.56 Å². The van der Waals surface area contributed by atoms with E-state index in [4.69, 9.17) is 4.74 Å². The highest BCUT2D eigenvalue weighted by molar-refractivity contribution is 6.07. The number of hydrogen-bond acceptors (Lipinski definition) is 5. The Morgan fingerprint density at radius 2 is 1.76 bits per heavy atom. The first-order valence-corrected chi connectivity index (χ1v) is 8.27. The number of Topliss-reactive ketones (excluding diaryl/α,β-unsaturated/α-hetero) is 1. The molecule has 0 aromatic heterocycles. The number of amides is 2. The summed E-state index contributed by atoms with van der Waals surface area (Å²) >= 11 is 0. The van der Waals surface area contributed by atoms with E-state index in [-0.39, 0.29) is 29.2 Å². The molecular formula is C18H18FNO5. The predicted molar refractivity (Wildman–Crippen MR) is 83.9 cm³/mol. The molecule has 1 aromatic rings. The SMILES string of the molecule is O=C(CN1C(=O)[C@H]2CCCC[C@@H]2C1=O)OCC(=O)c1cccc(F)c1. The second-order valence-corrected chi connectivity index (χ2v) is 6.35. The molecule has 1 heterocycles. The van der Waals surface area contributed by atoms with E-state index in [2.05, 4.69) is 0 Å². The average molecular weight is 347 g/mol. The fourth-order valence-electron chi connectivity index (χ4n) is 3.45. The molecule has 2 atom stereocenters. The molecule has 6 nitrogen and oxygen atoms in total. The number of ketones is 1. The van der Waals surface area contributed by atoms with Gasteiger partial charge >= 0.3 is 5.97 Å². The van der Waals surface area contributed by atoms with Crippen LogP contribution in [-0.4, -0.2) is 41.6 Å². The molecule has 2 fully saturated rings. The molecule has 1 saturated heterocycles. The molecule has 1 saturated carbocycles. The lowest BCUT2D eigenvalue weighted by Crippen LogP contribution is -2.37. The summed E-state index contributed by atoms with van der Waals surface area (Å²) < 4.78 is 17.9. The van der Waals surface area contributed by atoms with E-state index < -0.39 is 30.7 Å². The lowest BCUT2D eigenvalue weighted by atomic mass is 9.81. The minimum atomic E-state index is -0.829. The number of ether oxygens (including phenoxy) is 1. The number of benzene rings is 1. The highest BCUT2D eigenvalue weighted by Crippen LogP contribution is 2.37. The number of carbonyl (C=O) groups is 4. The van der Waals surface area contributed by atoms with Gasteiger partial charge in [0.05, 0.1) is 11.8 Å². The average Bonchev–Trinajstić information content (AvgIpc) is 2.85. The zero-order valence-corrected chi connectivity index (χ0v) is 13.6. The van der Waals surface area contributed by atoms with Crippen molar-refractivity contribution in [3.05, 3.63) is 35.6 Å². The van der Waals surface area contributed by atoms with E-state index in [9.17, 15) is 23.6 Å². The topological polar surface area (TPSA) is 80.8 Å². The van der Waals surface area contributed by atoms with Gasteiger partial charge in [0.1, 0.15) is 12.4 Å². The minimum absolute atomic E-state index is 0.0899. The third kappa shape index (κ3) is 3.60. The monoisotopic (exact) mass is 347 g/mol. The summed E-state index contributed by atoms with van der Waals surface area (Å²) in [7, 11) is 0. The molecule has 25 heavy (non-hydrogen) atoms. The summed E-state index contributed by atoms with van der Waals surface area (Å²) in [5.41, 5.74) is 0.0899. The number of rotatable bonds is 5. The lowest BCUT2D eigenvalue weighted by molar-refractivity contribution is -0.152. The molecule has 2 amide bonds. The first-order chi connectivity index (χ1) is 12.0. The van der Waals surface area contributed by atoms with Crippen LogP contribution in [-0.2, 0) is 19.1 Å². The van der Waals surface area contributed by atoms with Crippen molar-refractivity contribution >= 4 is 23.6 Å². The second-order valence-electron chi connectivity index (χ2n) is 6.35. The number of nitrogens with zero attached hydrogens (tertiary/aromatic N) is 1. The number of halogens is 1. The summed E-state index contributed by atoms with van der Waals surface area (Å²) in [5, 5.41) is 0. The quantitative estimate of drug-likeness (QED) is 0.460. The molecule has 0 N–H and O–H groups in total. The molecule has 7 heteroatoms. The van der Waals surface area contributed by atoms with E-state index in [1.54, 1.807) is 0 Å². The third-order valence-corrected chi connectivity index (χ3v) is 4.73. The Kier molecular flexibility index (Phi) is 4.92. The van der Waals surface area contributed by atoms with Crippen LogP contribution >= 0.6 is 0 Å². The highest BCUT2D eigenvalue weighted by Gasteiger charge is 2.48. The van der Waals surface area contributed by atoms with Crippen molar-refractivity contribution in [1.29, 1.82) is 0 Å². The van der Waals surface area contributed by atoms with Gasteiger partial charge in [0.25, 0.3) is 0 Å². The lowest BCUT2D eigenvalue weighted by Gasteiger charge is -2.19. The van der Waals surface area contributed by atoms with Crippen molar-refractivity contribution in [3.63, 3.8) is 0 Å². The maximum atomic E-state index is 13.1. The summed E-state index contributed by atoms with van der Waals surface area (Å²) in [6, 6.07) is 5.05. The molecule has 0 unspecified atom stereocenters. The molecule has 0 bridgehead atoms. The van der Waals surface area contributed by atoms with E-state index in [1.165, 1.54) is 18.2 Å². The fraction of sp³-hybridized carbons (Fsp3) is 0.444. The number of carbonyl (C=O) groups excluding carboxylic acids is 4. The van der Waals surface area contributed by atoms with Crippen molar-refractivity contribution in [2.45, 2.75) is 25.7 Å². The van der Waals surface area contributed by atoms with Crippen LogP contribution in [0.25, 0.3) is 0 Å². The maximum Gasteiger partial charge on any atom is 0.326 e. The van der Waals surface area contributed by atoms with Crippen molar-refractivity contribution in [2.24, 2.45) is 11.8 Å². The second kappa shape index (κ2) is 7.13. The molecule has 0 radical (unpaired) electrons. The zero-order chi connectivity index (χ0) is 18.0. The van der Waals surface area contributed by atoms with Gasteiger partial charge in [-0.2, -0.15) is 0 Å².